The number of carbonyl (C=O) groups is 1. The molecule has 7 nitrogen and oxygen atoms in total. The zero-order valence-corrected chi connectivity index (χ0v) is 11.6. The van der Waals surface area contributed by atoms with E-state index in [4.69, 9.17) is 5.73 Å². The number of nitrogens with one attached hydrogen (secondary N) is 1. The number of nitrogens with two attached hydrogens (primary N) is 1. The molecule has 0 aromatic heterocycles. The van der Waals surface area contributed by atoms with E-state index in [2.05, 4.69) is 5.32 Å². The van der Waals surface area contributed by atoms with Crippen LogP contribution in [0.25, 0.3) is 0 Å². The Balaban J connectivity index is 2.28. The molecule has 1 heterocycles. The van der Waals surface area contributed by atoms with Crippen molar-refractivity contribution in [1.82, 2.24) is 5.32 Å². The van der Waals surface area contributed by atoms with Crippen LogP contribution in [0.2, 0.25) is 0 Å². The first-order valence-corrected chi connectivity index (χ1v) is 6.58. The summed E-state index contributed by atoms with van der Waals surface area (Å²) in [6.07, 6.45) is 0.731. The standard InChI is InChI=1S/C13H17FN4O3/c1-16-13(12(15)19)5-7-17(8-6-13)11-9(14)3-2-4-10(11)18(20)21/h2-4,16H,5-8H2,1H3,(H2,15,19). The van der Waals surface area contributed by atoms with Crippen LogP contribution in [-0.2, 0) is 4.79 Å². The van der Waals surface area contributed by atoms with Crippen molar-refractivity contribution in [3.8, 4) is 0 Å². The van der Waals surface area contributed by atoms with Crippen molar-refractivity contribution in [1.29, 1.82) is 0 Å². The summed E-state index contributed by atoms with van der Waals surface area (Å²) >= 11 is 0. The highest BCUT2D eigenvalue weighted by atomic mass is 19.1. The Morgan fingerprint density at radius 2 is 2.10 bits per heavy atom. The SMILES string of the molecule is CNC1(C(N)=O)CCN(c2c(F)cccc2[N+](=O)[O-])CC1. The molecule has 1 amide bonds. The molecule has 1 fully saturated rings. The quantitative estimate of drug-likeness (QED) is 0.631. The van der Waals surface area contributed by atoms with E-state index in [1.165, 1.54) is 18.2 Å². The van der Waals surface area contributed by atoms with Crippen LogP contribution in [0, 0.1) is 15.9 Å². The second-order valence-corrected chi connectivity index (χ2v) is 5.05. The molecule has 0 radical (unpaired) electrons. The Bertz CT molecular complexity index is 571. The first-order valence-electron chi connectivity index (χ1n) is 6.58. The van der Waals surface area contributed by atoms with Gasteiger partial charge in [-0.25, -0.2) is 4.39 Å². The van der Waals surface area contributed by atoms with Crippen LogP contribution in [0.15, 0.2) is 18.2 Å². The molecule has 21 heavy (non-hydrogen) atoms. The summed E-state index contributed by atoms with van der Waals surface area (Å²) < 4.78 is 14.0. The third kappa shape index (κ3) is 2.66. The van der Waals surface area contributed by atoms with Crippen molar-refractivity contribution in [2.24, 2.45) is 5.73 Å². The van der Waals surface area contributed by atoms with E-state index >= 15 is 0 Å². The minimum atomic E-state index is -0.837. The summed E-state index contributed by atoms with van der Waals surface area (Å²) in [5, 5.41) is 13.9. The van der Waals surface area contributed by atoms with Gasteiger partial charge in [0, 0.05) is 19.2 Å². The van der Waals surface area contributed by atoms with Gasteiger partial charge in [0.25, 0.3) is 5.69 Å². The molecule has 0 unspecified atom stereocenters. The number of carbonyl (C=O) groups excluding carboxylic acids is 1. The lowest BCUT2D eigenvalue weighted by molar-refractivity contribution is -0.384. The van der Waals surface area contributed by atoms with E-state index in [1.54, 1.807) is 11.9 Å². The van der Waals surface area contributed by atoms with E-state index in [0.717, 1.165) is 0 Å². The van der Waals surface area contributed by atoms with Crippen molar-refractivity contribution in [3.05, 3.63) is 34.1 Å². The van der Waals surface area contributed by atoms with Gasteiger partial charge in [-0.3, -0.25) is 14.9 Å². The Hall–Kier alpha value is -2.22. The number of benzene rings is 1. The molecule has 114 valence electrons. The number of rotatable bonds is 4. The summed E-state index contributed by atoms with van der Waals surface area (Å²) in [5.74, 6) is -1.10. The first kappa shape index (κ1) is 15.2. The lowest BCUT2D eigenvalue weighted by atomic mass is 9.86. The van der Waals surface area contributed by atoms with E-state index in [9.17, 15) is 19.3 Å². The van der Waals surface area contributed by atoms with Crippen LogP contribution in [0.4, 0.5) is 15.8 Å². The monoisotopic (exact) mass is 296 g/mol. The largest absolute Gasteiger partial charge is 0.368 e. The molecule has 0 saturated carbocycles. The topological polar surface area (TPSA) is 102 Å². The molecular weight excluding hydrogens is 279 g/mol. The number of halogens is 1. The van der Waals surface area contributed by atoms with Crippen LogP contribution in [0.5, 0.6) is 0 Å². The van der Waals surface area contributed by atoms with Gasteiger partial charge in [0.2, 0.25) is 5.91 Å². The highest BCUT2D eigenvalue weighted by Crippen LogP contribution is 2.34. The first-order chi connectivity index (χ1) is 9.91. The number of piperidine rings is 1. The number of nitro groups is 1. The predicted molar refractivity (Wildman–Crippen MR) is 75.5 cm³/mol. The number of nitro benzene ring substituents is 1. The molecule has 0 bridgehead atoms. The molecular formula is C13H17FN4O3. The zero-order chi connectivity index (χ0) is 15.6. The van der Waals surface area contributed by atoms with E-state index < -0.39 is 22.2 Å². The maximum Gasteiger partial charge on any atom is 0.295 e. The molecule has 1 aliphatic heterocycles. The second-order valence-electron chi connectivity index (χ2n) is 5.05. The molecule has 8 heteroatoms. The number of likely N-dealkylation sites (N-methyl/N-ethyl adjacent to an activating group) is 1. The summed E-state index contributed by atoms with van der Waals surface area (Å²) in [6.45, 7) is 0.622. The van der Waals surface area contributed by atoms with Crippen molar-refractivity contribution in [2.75, 3.05) is 25.0 Å². The van der Waals surface area contributed by atoms with Crippen LogP contribution in [0.1, 0.15) is 12.8 Å². The van der Waals surface area contributed by atoms with Crippen LogP contribution < -0.4 is 16.0 Å². The van der Waals surface area contributed by atoms with Crippen molar-refractivity contribution >= 4 is 17.3 Å². The predicted octanol–water partition coefficient (Wildman–Crippen LogP) is 0.778. The van der Waals surface area contributed by atoms with Crippen LogP contribution in [0.3, 0.4) is 0 Å². The highest BCUT2D eigenvalue weighted by Gasteiger charge is 2.40. The molecule has 0 aliphatic carbocycles. The molecule has 1 aromatic rings. The van der Waals surface area contributed by atoms with Crippen LogP contribution >= 0.6 is 0 Å². The Morgan fingerprint density at radius 1 is 1.48 bits per heavy atom. The number of primary amides is 1. The number of amides is 1. The minimum absolute atomic E-state index is 0.0309. The van der Waals surface area contributed by atoms with Gasteiger partial charge in [-0.15, -0.1) is 0 Å². The molecule has 1 aliphatic rings. The minimum Gasteiger partial charge on any atom is -0.368 e. The van der Waals surface area contributed by atoms with E-state index in [0.29, 0.717) is 25.9 Å². The summed E-state index contributed by atoms with van der Waals surface area (Å²) in [7, 11) is 1.64. The van der Waals surface area contributed by atoms with Gasteiger partial charge in [-0.2, -0.15) is 0 Å². The number of hydrogen-bond donors (Lipinski definition) is 2. The lowest BCUT2D eigenvalue weighted by Crippen LogP contribution is -2.59. The lowest BCUT2D eigenvalue weighted by Gasteiger charge is -2.40. The fourth-order valence-corrected chi connectivity index (χ4v) is 2.70. The van der Waals surface area contributed by atoms with Crippen molar-refractivity contribution < 1.29 is 14.1 Å². The molecule has 0 atom stereocenters. The van der Waals surface area contributed by atoms with E-state index in [1.807, 2.05) is 0 Å². The van der Waals surface area contributed by atoms with Gasteiger partial charge in [-0.1, -0.05) is 6.07 Å². The van der Waals surface area contributed by atoms with Gasteiger partial charge < -0.3 is 16.0 Å². The zero-order valence-electron chi connectivity index (χ0n) is 11.6. The maximum absolute atomic E-state index is 14.0. The normalized spacial score (nSPS) is 17.5. The Morgan fingerprint density at radius 3 is 2.57 bits per heavy atom. The van der Waals surface area contributed by atoms with Crippen LogP contribution in [-0.4, -0.2) is 36.5 Å². The third-order valence-electron chi connectivity index (χ3n) is 4.05. The second kappa shape index (κ2) is 5.65. The number of hydrogen-bond acceptors (Lipinski definition) is 5. The van der Waals surface area contributed by atoms with Gasteiger partial charge >= 0.3 is 0 Å². The summed E-state index contributed by atoms with van der Waals surface area (Å²) in [4.78, 5) is 23.6. The van der Waals surface area contributed by atoms with Crippen molar-refractivity contribution in [2.45, 2.75) is 18.4 Å². The number of nitrogens with zero attached hydrogens (tertiary/aromatic N) is 2. The van der Waals surface area contributed by atoms with E-state index in [-0.39, 0.29) is 11.4 Å². The number of para-hydroxylation sites is 1. The molecule has 1 aromatic carbocycles. The molecule has 0 spiro atoms. The van der Waals surface area contributed by atoms with Gasteiger partial charge in [0.05, 0.1) is 4.92 Å². The average Bonchev–Trinajstić information content (AvgIpc) is 2.47. The summed E-state index contributed by atoms with van der Waals surface area (Å²) in [5.41, 5.74) is 4.26. The highest BCUT2D eigenvalue weighted by molar-refractivity contribution is 5.85. The molecule has 2 rings (SSSR count). The fraction of sp³-hybridized carbons (Fsp3) is 0.462. The fourth-order valence-electron chi connectivity index (χ4n) is 2.70. The molecule has 3 N–H and O–H groups in total. The maximum atomic E-state index is 14.0. The Kier molecular flexibility index (Phi) is 4.08. The Labute approximate surface area is 121 Å². The van der Waals surface area contributed by atoms with Gasteiger partial charge in [-0.05, 0) is 26.0 Å². The smallest absolute Gasteiger partial charge is 0.295 e. The van der Waals surface area contributed by atoms with Gasteiger partial charge in [0.1, 0.15) is 5.54 Å². The average molecular weight is 296 g/mol. The third-order valence-corrected chi connectivity index (χ3v) is 4.05. The summed E-state index contributed by atoms with van der Waals surface area (Å²) in [6, 6.07) is 3.77. The van der Waals surface area contributed by atoms with Gasteiger partial charge in [0.15, 0.2) is 11.5 Å². The van der Waals surface area contributed by atoms with Crippen molar-refractivity contribution in [3.63, 3.8) is 0 Å². The number of anilines is 1. The molecule has 1 saturated heterocycles.